The molecule has 0 amide bonds. The topological polar surface area (TPSA) is 78.5 Å². The van der Waals surface area contributed by atoms with Gasteiger partial charge in [0.2, 0.25) is 0 Å². The van der Waals surface area contributed by atoms with Crippen molar-refractivity contribution in [2.75, 3.05) is 43.4 Å². The summed E-state index contributed by atoms with van der Waals surface area (Å²) in [6.07, 6.45) is 2.37. The summed E-state index contributed by atoms with van der Waals surface area (Å²) in [4.78, 5) is 13.0. The normalized spacial score (nSPS) is 17.5. The minimum Gasteiger partial charge on any atom is -0.389 e. The molecule has 6 nitrogen and oxygen atoms in total. The van der Waals surface area contributed by atoms with Crippen molar-refractivity contribution in [1.29, 1.82) is 0 Å². The van der Waals surface area contributed by atoms with E-state index in [1.54, 1.807) is 0 Å². The summed E-state index contributed by atoms with van der Waals surface area (Å²) in [7, 11) is 0. The van der Waals surface area contributed by atoms with Gasteiger partial charge in [-0.05, 0) is 20.3 Å². The summed E-state index contributed by atoms with van der Waals surface area (Å²) < 4.78 is 0. The Kier molecular flexibility index (Phi) is 4.45. The summed E-state index contributed by atoms with van der Waals surface area (Å²) >= 11 is 0. The quantitative estimate of drug-likeness (QED) is 0.836. The lowest BCUT2D eigenvalue weighted by atomic mass is 10.1. The van der Waals surface area contributed by atoms with Gasteiger partial charge in [0.25, 0.3) is 0 Å². The number of hydrogen-bond donors (Lipinski definition) is 2. The number of aromatic nitrogens is 2. The van der Waals surface area contributed by atoms with Crippen LogP contribution in [0.5, 0.6) is 0 Å². The van der Waals surface area contributed by atoms with Crippen molar-refractivity contribution in [3.63, 3.8) is 0 Å². The lowest BCUT2D eigenvalue weighted by Gasteiger charge is -2.38. The van der Waals surface area contributed by atoms with E-state index in [-0.39, 0.29) is 0 Å². The van der Waals surface area contributed by atoms with E-state index < -0.39 is 5.60 Å². The third kappa shape index (κ3) is 3.58. The third-order valence-corrected chi connectivity index (χ3v) is 3.59. The Balaban J connectivity index is 2.02. The first-order chi connectivity index (χ1) is 9.40. The molecule has 6 heteroatoms. The number of anilines is 2. The predicted molar refractivity (Wildman–Crippen MR) is 80.8 cm³/mol. The van der Waals surface area contributed by atoms with Crippen LogP contribution in [0.25, 0.3) is 0 Å². The Labute approximate surface area is 120 Å². The van der Waals surface area contributed by atoms with Crippen LogP contribution in [0.1, 0.15) is 26.3 Å². The maximum absolute atomic E-state index is 9.88. The first-order valence-corrected chi connectivity index (χ1v) is 7.19. The second kappa shape index (κ2) is 5.93. The summed E-state index contributed by atoms with van der Waals surface area (Å²) in [5.74, 6) is 1.54. The van der Waals surface area contributed by atoms with Crippen LogP contribution in [-0.4, -0.2) is 58.3 Å². The molecule has 20 heavy (non-hydrogen) atoms. The highest BCUT2D eigenvalue weighted by Crippen LogP contribution is 2.23. The highest BCUT2D eigenvalue weighted by Gasteiger charge is 2.24. The lowest BCUT2D eigenvalue weighted by Crippen LogP contribution is -2.51. The SMILES string of the molecule is CCc1c(N)ncnc1N1CCN(CC(C)(C)O)CC1. The van der Waals surface area contributed by atoms with E-state index in [9.17, 15) is 5.11 Å². The van der Waals surface area contributed by atoms with Crippen LogP contribution >= 0.6 is 0 Å². The first kappa shape index (κ1) is 15.0. The minimum atomic E-state index is -0.643. The monoisotopic (exact) mass is 279 g/mol. The number of aliphatic hydroxyl groups is 1. The molecule has 0 radical (unpaired) electrons. The van der Waals surface area contributed by atoms with Crippen LogP contribution in [0.15, 0.2) is 6.33 Å². The highest BCUT2D eigenvalue weighted by atomic mass is 16.3. The molecule has 0 aliphatic carbocycles. The second-order valence-corrected chi connectivity index (χ2v) is 5.99. The van der Waals surface area contributed by atoms with E-state index >= 15 is 0 Å². The van der Waals surface area contributed by atoms with Crippen molar-refractivity contribution in [3.05, 3.63) is 11.9 Å². The molecule has 1 aliphatic rings. The van der Waals surface area contributed by atoms with Crippen molar-refractivity contribution in [2.24, 2.45) is 0 Å². The van der Waals surface area contributed by atoms with Crippen LogP contribution < -0.4 is 10.6 Å². The molecule has 1 aromatic heterocycles. The number of nitrogen functional groups attached to an aromatic ring is 1. The van der Waals surface area contributed by atoms with E-state index in [4.69, 9.17) is 5.73 Å². The van der Waals surface area contributed by atoms with Crippen molar-refractivity contribution in [2.45, 2.75) is 32.8 Å². The van der Waals surface area contributed by atoms with Gasteiger partial charge in [0.15, 0.2) is 0 Å². The first-order valence-electron chi connectivity index (χ1n) is 7.19. The van der Waals surface area contributed by atoms with Crippen LogP contribution in [0.4, 0.5) is 11.6 Å². The molecule has 0 unspecified atom stereocenters. The van der Waals surface area contributed by atoms with Crippen LogP contribution in [0.2, 0.25) is 0 Å². The maximum Gasteiger partial charge on any atom is 0.137 e. The third-order valence-electron chi connectivity index (χ3n) is 3.59. The highest BCUT2D eigenvalue weighted by molar-refractivity contribution is 5.56. The van der Waals surface area contributed by atoms with Crippen molar-refractivity contribution >= 4 is 11.6 Å². The van der Waals surface area contributed by atoms with Gasteiger partial charge < -0.3 is 15.7 Å². The second-order valence-electron chi connectivity index (χ2n) is 5.99. The molecule has 1 aromatic rings. The molecule has 2 rings (SSSR count). The summed E-state index contributed by atoms with van der Waals surface area (Å²) in [5.41, 5.74) is 6.32. The van der Waals surface area contributed by atoms with Gasteiger partial charge in [-0.15, -0.1) is 0 Å². The van der Waals surface area contributed by atoms with Gasteiger partial charge in [-0.25, -0.2) is 9.97 Å². The maximum atomic E-state index is 9.88. The van der Waals surface area contributed by atoms with Crippen LogP contribution in [0, 0.1) is 0 Å². The Hall–Kier alpha value is -1.40. The fourth-order valence-corrected chi connectivity index (χ4v) is 2.69. The minimum absolute atomic E-state index is 0.580. The molecular weight excluding hydrogens is 254 g/mol. The van der Waals surface area contributed by atoms with Crippen molar-refractivity contribution < 1.29 is 5.11 Å². The number of piperazine rings is 1. The summed E-state index contributed by atoms with van der Waals surface area (Å²) in [5, 5.41) is 9.88. The average Bonchev–Trinajstić information content (AvgIpc) is 2.37. The molecule has 1 saturated heterocycles. The Bertz CT molecular complexity index is 449. The molecule has 0 atom stereocenters. The zero-order chi connectivity index (χ0) is 14.8. The number of rotatable bonds is 4. The zero-order valence-corrected chi connectivity index (χ0v) is 12.6. The smallest absolute Gasteiger partial charge is 0.137 e. The van der Waals surface area contributed by atoms with E-state index in [1.165, 1.54) is 6.33 Å². The van der Waals surface area contributed by atoms with E-state index in [2.05, 4.69) is 26.7 Å². The number of nitrogens with zero attached hydrogens (tertiary/aromatic N) is 4. The van der Waals surface area contributed by atoms with E-state index in [0.29, 0.717) is 12.4 Å². The van der Waals surface area contributed by atoms with E-state index in [1.807, 2.05) is 13.8 Å². The summed E-state index contributed by atoms with van der Waals surface area (Å²) in [6, 6.07) is 0. The largest absolute Gasteiger partial charge is 0.389 e. The van der Waals surface area contributed by atoms with E-state index in [0.717, 1.165) is 44.0 Å². The molecule has 0 saturated carbocycles. The van der Waals surface area contributed by atoms with Crippen LogP contribution in [-0.2, 0) is 6.42 Å². The zero-order valence-electron chi connectivity index (χ0n) is 12.6. The molecule has 0 bridgehead atoms. The van der Waals surface area contributed by atoms with Crippen LogP contribution in [0.3, 0.4) is 0 Å². The molecule has 112 valence electrons. The number of β-amino-alcohol motifs (C(OH)–C–C–N with tert-alkyl or cyclic N) is 1. The van der Waals surface area contributed by atoms with Crippen molar-refractivity contribution in [3.8, 4) is 0 Å². The molecule has 0 spiro atoms. The van der Waals surface area contributed by atoms with Gasteiger partial charge in [-0.1, -0.05) is 6.92 Å². The fraction of sp³-hybridized carbons (Fsp3) is 0.714. The molecule has 1 fully saturated rings. The Morgan fingerprint density at radius 2 is 1.90 bits per heavy atom. The Morgan fingerprint density at radius 3 is 2.45 bits per heavy atom. The fourth-order valence-electron chi connectivity index (χ4n) is 2.69. The predicted octanol–water partition coefficient (Wildman–Crippen LogP) is 0.514. The molecular formula is C14H25N5O. The molecule has 2 heterocycles. The Morgan fingerprint density at radius 1 is 1.25 bits per heavy atom. The van der Waals surface area contributed by atoms with Gasteiger partial charge in [0.1, 0.15) is 18.0 Å². The molecule has 3 N–H and O–H groups in total. The summed E-state index contributed by atoms with van der Waals surface area (Å²) in [6.45, 7) is 10.1. The standard InChI is InChI=1S/C14H25N5O/c1-4-11-12(15)16-10-17-13(11)19-7-5-18(6-8-19)9-14(2,3)20/h10,20H,4-9H2,1-3H3,(H2,15,16,17). The van der Waals surface area contributed by atoms with Gasteiger partial charge >= 0.3 is 0 Å². The van der Waals surface area contributed by atoms with Gasteiger partial charge in [-0.2, -0.15) is 0 Å². The van der Waals surface area contributed by atoms with Gasteiger partial charge in [0.05, 0.1) is 5.60 Å². The number of nitrogens with two attached hydrogens (primary N) is 1. The average molecular weight is 279 g/mol. The van der Waals surface area contributed by atoms with Gasteiger partial charge in [-0.3, -0.25) is 4.90 Å². The molecule has 0 aromatic carbocycles. The lowest BCUT2D eigenvalue weighted by molar-refractivity contribution is 0.0344. The molecule has 1 aliphatic heterocycles. The van der Waals surface area contributed by atoms with Gasteiger partial charge in [0, 0.05) is 38.3 Å². The van der Waals surface area contributed by atoms with Crippen molar-refractivity contribution in [1.82, 2.24) is 14.9 Å². The number of hydrogen-bond acceptors (Lipinski definition) is 6.